The van der Waals surface area contributed by atoms with Crippen molar-refractivity contribution in [2.24, 2.45) is 0 Å². The number of rotatable bonds is 4. The highest BCUT2D eigenvalue weighted by Crippen LogP contribution is 2.37. The van der Waals surface area contributed by atoms with Crippen molar-refractivity contribution < 1.29 is 9.63 Å². The Labute approximate surface area is 141 Å². The third-order valence-electron chi connectivity index (χ3n) is 2.35. The van der Waals surface area contributed by atoms with E-state index >= 15 is 0 Å². The van der Waals surface area contributed by atoms with Crippen molar-refractivity contribution in [3.05, 3.63) is 39.9 Å². The van der Waals surface area contributed by atoms with Crippen molar-refractivity contribution in [2.45, 2.75) is 3.74 Å². The Morgan fingerprint density at radius 2 is 2.05 bits per heavy atom. The second kappa shape index (κ2) is 7.00. The Morgan fingerprint density at radius 3 is 2.60 bits per heavy atom. The molecule has 0 aliphatic rings. The molecule has 0 spiro atoms. The molecule has 0 aliphatic carbocycles. The molecule has 0 radical (unpaired) electrons. The summed E-state index contributed by atoms with van der Waals surface area (Å²) in [7, 11) is 1.39. The van der Waals surface area contributed by atoms with Gasteiger partial charge in [0.1, 0.15) is 13.6 Å². The molecule has 0 bridgehead atoms. The molecule has 0 saturated carbocycles. The van der Waals surface area contributed by atoms with Crippen LogP contribution in [0.1, 0.15) is 19.1 Å². The number of nitrogens with zero attached hydrogens (tertiary/aromatic N) is 1. The van der Waals surface area contributed by atoms with Crippen molar-refractivity contribution in [1.82, 2.24) is 10.5 Å². The summed E-state index contributed by atoms with van der Waals surface area (Å²) in [5.41, 5.74) is 3.81. The van der Waals surface area contributed by atoms with Crippen LogP contribution in [0.2, 0.25) is 5.02 Å². The van der Waals surface area contributed by atoms with Gasteiger partial charge in [0, 0.05) is 10.6 Å². The smallest absolute Gasteiger partial charge is 0.277 e. The van der Waals surface area contributed by atoms with Crippen molar-refractivity contribution in [1.29, 1.82) is 0 Å². The molecule has 20 heavy (non-hydrogen) atoms. The molecular formula is C12H9Br2ClN2O2S. The van der Waals surface area contributed by atoms with E-state index < -0.39 is 0 Å². The topological polar surface area (TPSA) is 51.2 Å². The zero-order chi connectivity index (χ0) is 14.7. The van der Waals surface area contributed by atoms with Crippen LogP contribution in [0.25, 0.3) is 10.6 Å². The molecule has 1 heterocycles. The van der Waals surface area contributed by atoms with Crippen LogP contribution < -0.4 is 5.48 Å². The highest BCUT2D eigenvalue weighted by atomic mass is 79.9. The van der Waals surface area contributed by atoms with Gasteiger partial charge in [0.05, 0.1) is 12.8 Å². The lowest BCUT2D eigenvalue weighted by Crippen LogP contribution is -2.21. The van der Waals surface area contributed by atoms with E-state index in [0.29, 0.717) is 15.6 Å². The zero-order valence-electron chi connectivity index (χ0n) is 10.2. The molecular weight excluding hydrogens is 431 g/mol. The molecule has 1 N–H and O–H groups in total. The maximum Gasteiger partial charge on any atom is 0.286 e. The van der Waals surface area contributed by atoms with Gasteiger partial charge in [0.25, 0.3) is 5.91 Å². The number of halogens is 3. The van der Waals surface area contributed by atoms with Gasteiger partial charge in [-0.1, -0.05) is 55.6 Å². The van der Waals surface area contributed by atoms with E-state index in [1.165, 1.54) is 18.4 Å². The molecule has 1 aromatic carbocycles. The number of aromatic nitrogens is 1. The SMILES string of the molecule is CONC(=O)c1sc(-c2ccc(Cl)cc2)nc1C(Br)Br. The summed E-state index contributed by atoms with van der Waals surface area (Å²) in [6.07, 6.45) is 0. The first-order chi connectivity index (χ1) is 9.52. The lowest BCUT2D eigenvalue weighted by atomic mass is 10.2. The van der Waals surface area contributed by atoms with Gasteiger partial charge in [-0.3, -0.25) is 9.63 Å². The standard InChI is InChI=1S/C12H9Br2ClN2O2S/c1-19-17-11(18)9-8(10(13)14)16-12(20-9)6-2-4-7(15)5-3-6/h2-5,10H,1H3,(H,17,18). The molecule has 2 aromatic rings. The number of amides is 1. The van der Waals surface area contributed by atoms with Crippen molar-refractivity contribution in [2.75, 3.05) is 7.11 Å². The van der Waals surface area contributed by atoms with E-state index in [4.69, 9.17) is 11.6 Å². The van der Waals surface area contributed by atoms with Gasteiger partial charge in [-0.2, -0.15) is 0 Å². The molecule has 0 atom stereocenters. The first kappa shape index (κ1) is 15.9. The number of nitrogens with one attached hydrogen (secondary N) is 1. The maximum atomic E-state index is 11.9. The van der Waals surface area contributed by atoms with Crippen LogP contribution in [0.15, 0.2) is 24.3 Å². The number of carbonyl (C=O) groups excluding carboxylic acids is 1. The number of hydroxylamine groups is 1. The quantitative estimate of drug-likeness (QED) is 0.561. The van der Waals surface area contributed by atoms with Crippen LogP contribution in [0.5, 0.6) is 0 Å². The summed E-state index contributed by atoms with van der Waals surface area (Å²) < 4.78 is -0.218. The van der Waals surface area contributed by atoms with Crippen molar-refractivity contribution in [3.8, 4) is 10.6 Å². The Bertz CT molecular complexity index is 616. The average Bonchev–Trinajstić information content (AvgIpc) is 2.85. The summed E-state index contributed by atoms with van der Waals surface area (Å²) in [4.78, 5) is 21.6. The summed E-state index contributed by atoms with van der Waals surface area (Å²) in [6, 6.07) is 7.29. The molecule has 0 aliphatic heterocycles. The second-order valence-corrected chi connectivity index (χ2v) is 8.17. The molecule has 2 rings (SSSR count). The molecule has 8 heteroatoms. The zero-order valence-corrected chi connectivity index (χ0v) is 14.9. The van der Waals surface area contributed by atoms with Crippen molar-refractivity contribution in [3.63, 3.8) is 0 Å². The van der Waals surface area contributed by atoms with Gasteiger partial charge >= 0.3 is 0 Å². The lowest BCUT2D eigenvalue weighted by Gasteiger charge is -2.02. The summed E-state index contributed by atoms with van der Waals surface area (Å²) in [6.45, 7) is 0. The van der Waals surface area contributed by atoms with Gasteiger partial charge < -0.3 is 0 Å². The largest absolute Gasteiger partial charge is 0.286 e. The number of hydrogen-bond acceptors (Lipinski definition) is 4. The second-order valence-electron chi connectivity index (χ2n) is 3.68. The third kappa shape index (κ3) is 3.59. The summed E-state index contributed by atoms with van der Waals surface area (Å²) in [5.74, 6) is -0.330. The fourth-order valence-corrected chi connectivity index (χ4v) is 3.58. The van der Waals surface area contributed by atoms with Gasteiger partial charge in [0.2, 0.25) is 0 Å². The Hall–Kier alpha value is -0.470. The van der Waals surface area contributed by atoms with E-state index in [-0.39, 0.29) is 9.64 Å². The predicted molar refractivity (Wildman–Crippen MR) is 87.6 cm³/mol. The number of carbonyl (C=O) groups is 1. The summed E-state index contributed by atoms with van der Waals surface area (Å²) >= 11 is 13.9. The first-order valence-corrected chi connectivity index (χ1v) is 8.43. The van der Waals surface area contributed by atoms with Crippen LogP contribution in [0, 0.1) is 0 Å². The van der Waals surface area contributed by atoms with Crippen LogP contribution in [-0.2, 0) is 4.84 Å². The number of thiazole rings is 1. The van der Waals surface area contributed by atoms with Crippen LogP contribution in [0.3, 0.4) is 0 Å². The number of benzene rings is 1. The minimum absolute atomic E-state index is 0.218. The van der Waals surface area contributed by atoms with E-state index in [0.717, 1.165) is 10.6 Å². The van der Waals surface area contributed by atoms with E-state index in [1.807, 2.05) is 12.1 Å². The summed E-state index contributed by atoms with van der Waals surface area (Å²) in [5, 5.41) is 1.39. The van der Waals surface area contributed by atoms with E-state index in [9.17, 15) is 4.79 Å². The minimum Gasteiger partial charge on any atom is -0.277 e. The molecule has 0 unspecified atom stereocenters. The molecule has 0 saturated heterocycles. The molecule has 106 valence electrons. The Morgan fingerprint density at radius 1 is 1.40 bits per heavy atom. The highest BCUT2D eigenvalue weighted by Gasteiger charge is 2.22. The van der Waals surface area contributed by atoms with Gasteiger partial charge in [-0.15, -0.1) is 11.3 Å². The molecule has 1 aromatic heterocycles. The average molecular weight is 441 g/mol. The van der Waals surface area contributed by atoms with Crippen LogP contribution in [0.4, 0.5) is 0 Å². The minimum atomic E-state index is -0.330. The van der Waals surface area contributed by atoms with E-state index in [1.54, 1.807) is 12.1 Å². The molecule has 4 nitrogen and oxygen atoms in total. The third-order valence-corrected chi connectivity index (χ3v) is 4.59. The molecule has 1 amide bonds. The van der Waals surface area contributed by atoms with Gasteiger partial charge in [0.15, 0.2) is 0 Å². The van der Waals surface area contributed by atoms with Gasteiger partial charge in [-0.05, 0) is 12.1 Å². The fraction of sp³-hybridized carbons (Fsp3) is 0.167. The normalized spacial score (nSPS) is 10.8. The highest BCUT2D eigenvalue weighted by molar-refractivity contribution is 9.24. The van der Waals surface area contributed by atoms with Crippen LogP contribution >= 0.6 is 54.8 Å². The number of hydrogen-bond donors (Lipinski definition) is 1. The Kier molecular flexibility index (Phi) is 5.57. The van der Waals surface area contributed by atoms with Crippen molar-refractivity contribution >= 4 is 60.7 Å². The lowest BCUT2D eigenvalue weighted by molar-refractivity contribution is 0.0541. The van der Waals surface area contributed by atoms with Crippen LogP contribution in [-0.4, -0.2) is 18.0 Å². The fourth-order valence-electron chi connectivity index (χ4n) is 1.50. The van der Waals surface area contributed by atoms with Gasteiger partial charge in [-0.25, -0.2) is 10.5 Å². The first-order valence-electron chi connectivity index (χ1n) is 5.41. The predicted octanol–water partition coefficient (Wildman–Crippen LogP) is 4.54. The monoisotopic (exact) mass is 438 g/mol. The Balaban J connectivity index is 2.43. The van der Waals surface area contributed by atoms with E-state index in [2.05, 4.69) is 47.2 Å². The number of alkyl halides is 2. The molecule has 0 fully saturated rings. The maximum absolute atomic E-state index is 11.9.